The lowest BCUT2D eigenvalue weighted by atomic mass is 10.0. The summed E-state index contributed by atoms with van der Waals surface area (Å²) in [5.41, 5.74) is 8.97. The highest BCUT2D eigenvalue weighted by molar-refractivity contribution is 5.95. The Morgan fingerprint density at radius 3 is 2.23 bits per heavy atom. The number of fused-ring (bicyclic) bond motifs is 1. The maximum absolute atomic E-state index is 13.4. The Morgan fingerprint density at radius 2 is 1.56 bits per heavy atom. The molecule has 0 spiro atoms. The molecule has 0 aliphatic carbocycles. The highest BCUT2D eigenvalue weighted by Gasteiger charge is 2.33. The number of carboxylic acid groups (broad SMARTS) is 1. The smallest absolute Gasteiger partial charge is 0.326 e. The van der Waals surface area contributed by atoms with E-state index in [1.54, 1.807) is 6.20 Å². The number of H-pyrrole nitrogens is 2. The molecule has 0 saturated carbocycles. The third-order valence-corrected chi connectivity index (χ3v) is 7.02. The quantitative estimate of drug-likeness (QED) is 0.101. The molecule has 0 fully saturated rings. The van der Waals surface area contributed by atoms with Crippen LogP contribution in [0.3, 0.4) is 0 Å². The molecule has 5 atom stereocenters. The van der Waals surface area contributed by atoms with Crippen LogP contribution in [-0.4, -0.2) is 79.1 Å². The predicted molar refractivity (Wildman–Crippen MR) is 158 cm³/mol. The topological polar surface area (TPSA) is 215 Å². The normalized spacial score (nSPS) is 14.7. The number of para-hydroxylation sites is 1. The number of imidazole rings is 1. The summed E-state index contributed by atoms with van der Waals surface area (Å²) in [6.45, 7) is 1.29. The summed E-state index contributed by atoms with van der Waals surface area (Å²) >= 11 is 0. The predicted octanol–water partition coefficient (Wildman–Crippen LogP) is 0.166. The molecule has 13 nitrogen and oxygen atoms in total. The Bertz CT molecular complexity index is 1540. The number of hydrogen-bond donors (Lipinski definition) is 8. The van der Waals surface area contributed by atoms with E-state index < -0.39 is 54.0 Å². The van der Waals surface area contributed by atoms with Crippen molar-refractivity contribution in [3.63, 3.8) is 0 Å². The lowest BCUT2D eigenvalue weighted by molar-refractivity contribution is -0.143. The fraction of sp³-hybridized carbons (Fsp3) is 0.300. The van der Waals surface area contributed by atoms with E-state index in [1.165, 1.54) is 19.4 Å². The van der Waals surface area contributed by atoms with Crippen LogP contribution in [0.25, 0.3) is 10.9 Å². The Labute approximate surface area is 247 Å². The molecule has 2 aromatic heterocycles. The molecular formula is C30H35N7O6. The highest BCUT2D eigenvalue weighted by Crippen LogP contribution is 2.19. The van der Waals surface area contributed by atoms with E-state index in [-0.39, 0.29) is 19.3 Å². The Kier molecular flexibility index (Phi) is 10.3. The molecule has 0 radical (unpaired) electrons. The van der Waals surface area contributed by atoms with Gasteiger partial charge < -0.3 is 41.9 Å². The zero-order valence-corrected chi connectivity index (χ0v) is 23.5. The second-order valence-electron chi connectivity index (χ2n) is 10.3. The van der Waals surface area contributed by atoms with Gasteiger partial charge in [0.2, 0.25) is 17.7 Å². The molecule has 226 valence electrons. The number of carbonyl (C=O) groups excluding carboxylic acids is 3. The average Bonchev–Trinajstić information content (AvgIpc) is 3.65. The number of aromatic nitrogens is 3. The fourth-order valence-corrected chi connectivity index (χ4v) is 4.71. The number of nitrogens with one attached hydrogen (secondary N) is 5. The number of aliphatic hydroxyl groups excluding tert-OH is 1. The molecule has 3 amide bonds. The molecule has 2 heterocycles. The van der Waals surface area contributed by atoms with E-state index >= 15 is 0 Å². The van der Waals surface area contributed by atoms with Crippen LogP contribution in [0.15, 0.2) is 73.3 Å². The van der Waals surface area contributed by atoms with Crippen LogP contribution < -0.4 is 21.7 Å². The summed E-state index contributed by atoms with van der Waals surface area (Å²) in [5, 5.41) is 28.6. The van der Waals surface area contributed by atoms with E-state index in [9.17, 15) is 29.4 Å². The van der Waals surface area contributed by atoms with Crippen LogP contribution in [0.2, 0.25) is 0 Å². The van der Waals surface area contributed by atoms with E-state index in [1.807, 2.05) is 54.6 Å². The molecule has 2 aromatic carbocycles. The summed E-state index contributed by atoms with van der Waals surface area (Å²) in [7, 11) is 0. The fourth-order valence-electron chi connectivity index (χ4n) is 4.71. The van der Waals surface area contributed by atoms with E-state index in [0.29, 0.717) is 11.3 Å². The number of aliphatic carboxylic acids is 1. The molecule has 9 N–H and O–H groups in total. The number of rotatable bonds is 14. The minimum Gasteiger partial charge on any atom is -0.480 e. The van der Waals surface area contributed by atoms with Crippen molar-refractivity contribution in [1.29, 1.82) is 0 Å². The number of hydrogen-bond acceptors (Lipinski definition) is 7. The lowest BCUT2D eigenvalue weighted by Gasteiger charge is -2.26. The molecule has 0 aliphatic heterocycles. The molecule has 0 aliphatic rings. The Hall–Kier alpha value is -5.01. The molecule has 5 unspecified atom stereocenters. The van der Waals surface area contributed by atoms with E-state index in [4.69, 9.17) is 5.73 Å². The molecular weight excluding hydrogens is 554 g/mol. The van der Waals surface area contributed by atoms with E-state index in [0.717, 1.165) is 16.5 Å². The summed E-state index contributed by atoms with van der Waals surface area (Å²) in [4.78, 5) is 61.5. The first-order valence-electron chi connectivity index (χ1n) is 13.8. The third-order valence-electron chi connectivity index (χ3n) is 7.02. The third kappa shape index (κ3) is 8.27. The first-order chi connectivity index (χ1) is 20.6. The van der Waals surface area contributed by atoms with Gasteiger partial charge in [-0.3, -0.25) is 14.4 Å². The molecule has 0 saturated heterocycles. The molecule has 4 aromatic rings. The van der Waals surface area contributed by atoms with Gasteiger partial charge in [0.1, 0.15) is 18.1 Å². The average molecular weight is 590 g/mol. The Morgan fingerprint density at radius 1 is 0.860 bits per heavy atom. The monoisotopic (exact) mass is 589 g/mol. The summed E-state index contributed by atoms with van der Waals surface area (Å²) < 4.78 is 0. The van der Waals surface area contributed by atoms with Crippen LogP contribution in [0, 0.1) is 0 Å². The van der Waals surface area contributed by atoms with Crippen molar-refractivity contribution in [3.8, 4) is 0 Å². The first-order valence-corrected chi connectivity index (χ1v) is 13.8. The summed E-state index contributed by atoms with van der Waals surface area (Å²) in [6, 6.07) is 11.5. The summed E-state index contributed by atoms with van der Waals surface area (Å²) in [5.74, 6) is -3.56. The zero-order chi connectivity index (χ0) is 30.9. The van der Waals surface area contributed by atoms with Gasteiger partial charge >= 0.3 is 5.97 Å². The van der Waals surface area contributed by atoms with E-state index in [2.05, 4.69) is 30.9 Å². The molecule has 43 heavy (non-hydrogen) atoms. The van der Waals surface area contributed by atoms with Crippen molar-refractivity contribution >= 4 is 34.6 Å². The maximum atomic E-state index is 13.4. The van der Waals surface area contributed by atoms with Gasteiger partial charge in [-0.15, -0.1) is 0 Å². The van der Waals surface area contributed by atoms with Gasteiger partial charge in [-0.2, -0.15) is 0 Å². The van der Waals surface area contributed by atoms with Crippen LogP contribution in [0.5, 0.6) is 0 Å². The van der Waals surface area contributed by atoms with Crippen LogP contribution >= 0.6 is 0 Å². The van der Waals surface area contributed by atoms with Gasteiger partial charge in [-0.25, -0.2) is 9.78 Å². The number of carboxylic acids is 1. The number of nitrogens with two attached hydrogens (primary N) is 1. The van der Waals surface area contributed by atoms with Crippen molar-refractivity contribution < 1.29 is 29.4 Å². The van der Waals surface area contributed by atoms with Gasteiger partial charge in [0, 0.05) is 41.8 Å². The minimum absolute atomic E-state index is 0.0118. The number of nitrogens with zero attached hydrogens (tertiary/aromatic N) is 1. The van der Waals surface area contributed by atoms with Gasteiger partial charge in [-0.1, -0.05) is 48.5 Å². The summed E-state index contributed by atoms with van der Waals surface area (Å²) in [6.07, 6.45) is 3.36. The van der Waals surface area contributed by atoms with Crippen molar-refractivity contribution in [3.05, 3.63) is 90.1 Å². The van der Waals surface area contributed by atoms with Crippen molar-refractivity contribution in [2.24, 2.45) is 5.73 Å². The number of aromatic amines is 2. The SMILES string of the molecule is CC(O)C(NC(=O)C(Cc1cnc[nH]1)NC(=O)C(N)Cc1ccccc1)C(=O)NC(Cc1c[nH]c2ccccc12)C(=O)O. The van der Waals surface area contributed by atoms with Gasteiger partial charge in [0.25, 0.3) is 0 Å². The number of benzene rings is 2. The molecule has 0 bridgehead atoms. The lowest BCUT2D eigenvalue weighted by Crippen LogP contribution is -2.60. The number of carbonyl (C=O) groups is 4. The van der Waals surface area contributed by atoms with Gasteiger partial charge in [0.15, 0.2) is 0 Å². The zero-order valence-electron chi connectivity index (χ0n) is 23.5. The Balaban J connectivity index is 1.45. The first kappa shape index (κ1) is 30.9. The molecule has 13 heteroatoms. The van der Waals surface area contributed by atoms with Crippen LogP contribution in [0.4, 0.5) is 0 Å². The minimum atomic E-state index is -1.52. The maximum Gasteiger partial charge on any atom is 0.326 e. The molecule has 4 rings (SSSR count). The second-order valence-corrected chi connectivity index (χ2v) is 10.3. The number of amides is 3. The largest absolute Gasteiger partial charge is 0.480 e. The standard InChI is InChI=1S/C30H35N7O6/c1-17(38)26(29(41)36-25(30(42)43)12-19-14-33-23-10-6-5-9-21(19)23)37-28(40)24(13-20-15-32-16-34-20)35-27(39)22(31)11-18-7-3-2-4-8-18/h2-10,14-17,22,24-26,33,38H,11-13,31H2,1H3,(H,32,34)(H,35,39)(H,36,41)(H,37,40)(H,42,43). The number of aliphatic hydroxyl groups is 1. The van der Waals surface area contributed by atoms with Crippen molar-refractivity contribution in [2.45, 2.75) is 56.5 Å². The van der Waals surface area contributed by atoms with Crippen LogP contribution in [0.1, 0.15) is 23.7 Å². The van der Waals surface area contributed by atoms with Crippen molar-refractivity contribution in [1.82, 2.24) is 30.9 Å². The van der Waals surface area contributed by atoms with Gasteiger partial charge in [0.05, 0.1) is 18.5 Å². The van der Waals surface area contributed by atoms with Crippen molar-refractivity contribution in [2.75, 3.05) is 0 Å². The highest BCUT2D eigenvalue weighted by atomic mass is 16.4. The second kappa shape index (κ2) is 14.2. The van der Waals surface area contributed by atoms with Crippen LogP contribution in [-0.2, 0) is 38.4 Å². The van der Waals surface area contributed by atoms with Gasteiger partial charge in [-0.05, 0) is 30.5 Å².